The average Bonchev–Trinajstić information content (AvgIpc) is 2.89. The van der Waals surface area contributed by atoms with E-state index in [2.05, 4.69) is 46.1 Å². The van der Waals surface area contributed by atoms with Gasteiger partial charge in [-0.05, 0) is 28.8 Å². The Labute approximate surface area is 119 Å². The number of hydrogen-bond donors (Lipinski definition) is 1. The monoisotopic (exact) mass is 278 g/mol. The van der Waals surface area contributed by atoms with Gasteiger partial charge in [-0.1, -0.05) is 13.8 Å². The lowest BCUT2D eigenvalue weighted by atomic mass is 9.88. The van der Waals surface area contributed by atoms with Crippen molar-refractivity contribution in [2.45, 2.75) is 26.8 Å². The summed E-state index contributed by atoms with van der Waals surface area (Å²) in [5.41, 5.74) is 4.41. The fourth-order valence-corrected chi connectivity index (χ4v) is 3.14. The van der Waals surface area contributed by atoms with E-state index in [1.54, 1.807) is 11.3 Å². The summed E-state index contributed by atoms with van der Waals surface area (Å²) in [6.07, 6.45) is 1.07. The first-order valence-corrected chi connectivity index (χ1v) is 7.64. The van der Waals surface area contributed by atoms with Gasteiger partial charge in [-0.2, -0.15) is 16.4 Å². The quantitative estimate of drug-likeness (QED) is 0.923. The number of hydrogen-bond acceptors (Lipinski definition) is 4. The predicted octanol–water partition coefficient (Wildman–Crippen LogP) is 2.79. The van der Waals surface area contributed by atoms with Gasteiger partial charge in [0.05, 0.1) is 6.54 Å². The van der Waals surface area contributed by atoms with E-state index in [-0.39, 0.29) is 0 Å². The van der Waals surface area contributed by atoms with Crippen molar-refractivity contribution in [3.63, 3.8) is 0 Å². The molecule has 4 nitrogen and oxygen atoms in total. The molecule has 1 aromatic rings. The molecule has 2 unspecified atom stereocenters. The summed E-state index contributed by atoms with van der Waals surface area (Å²) in [5.74, 6) is 2.95. The summed E-state index contributed by atoms with van der Waals surface area (Å²) in [6, 6.07) is 2.12. The Balaban J connectivity index is 2.15. The highest BCUT2D eigenvalue weighted by atomic mass is 32.1. The van der Waals surface area contributed by atoms with Gasteiger partial charge in [0.1, 0.15) is 11.7 Å². The molecular weight excluding hydrogens is 256 g/mol. The Kier molecular flexibility index (Phi) is 4.58. The van der Waals surface area contributed by atoms with Crippen LogP contribution in [0, 0.1) is 11.8 Å². The van der Waals surface area contributed by atoms with Crippen molar-refractivity contribution in [3.05, 3.63) is 22.4 Å². The van der Waals surface area contributed by atoms with Crippen molar-refractivity contribution in [1.82, 2.24) is 10.3 Å². The standard InChI is InChI=1S/C14H22N4S/c1-5-12-10(2)14(18(3)4)17-16-13(12)15-8-11-6-7-19-9-11/h6-7,9-10,12H,5,8H2,1-4H3,(H,15,16). The van der Waals surface area contributed by atoms with Gasteiger partial charge in [-0.25, -0.2) is 0 Å². The van der Waals surface area contributed by atoms with Gasteiger partial charge < -0.3 is 4.90 Å². The second kappa shape index (κ2) is 6.19. The van der Waals surface area contributed by atoms with Crippen LogP contribution in [0.4, 0.5) is 0 Å². The van der Waals surface area contributed by atoms with Crippen molar-refractivity contribution in [2.75, 3.05) is 14.1 Å². The molecule has 2 atom stereocenters. The van der Waals surface area contributed by atoms with Gasteiger partial charge in [0, 0.05) is 25.9 Å². The van der Waals surface area contributed by atoms with Gasteiger partial charge in [0.2, 0.25) is 0 Å². The van der Waals surface area contributed by atoms with E-state index in [4.69, 9.17) is 4.99 Å². The zero-order valence-corrected chi connectivity index (χ0v) is 12.9. The second-order valence-corrected chi connectivity index (χ2v) is 5.89. The molecule has 0 radical (unpaired) electrons. The smallest absolute Gasteiger partial charge is 0.128 e. The fourth-order valence-electron chi connectivity index (χ4n) is 2.48. The molecule has 0 fully saturated rings. The molecule has 1 aliphatic heterocycles. The van der Waals surface area contributed by atoms with E-state index in [0.29, 0.717) is 11.8 Å². The molecule has 0 saturated heterocycles. The van der Waals surface area contributed by atoms with Crippen LogP contribution in [0.5, 0.6) is 0 Å². The Hall–Kier alpha value is -1.36. The maximum Gasteiger partial charge on any atom is 0.128 e. The normalized spacial score (nSPS) is 25.1. The van der Waals surface area contributed by atoms with Crippen LogP contribution in [0.15, 0.2) is 26.9 Å². The number of rotatable bonds is 3. The first kappa shape index (κ1) is 14.1. The Morgan fingerprint density at radius 3 is 2.84 bits per heavy atom. The molecular formula is C14H22N4S. The van der Waals surface area contributed by atoms with Crippen LogP contribution in [0.1, 0.15) is 25.8 Å². The molecule has 0 spiro atoms. The minimum atomic E-state index is 0.405. The molecule has 0 aromatic carbocycles. The average molecular weight is 278 g/mol. The maximum atomic E-state index is 4.71. The molecule has 2 rings (SSSR count). The molecule has 1 aromatic heterocycles. The fraction of sp³-hybridized carbons (Fsp3) is 0.571. The van der Waals surface area contributed by atoms with E-state index < -0.39 is 0 Å². The summed E-state index contributed by atoms with van der Waals surface area (Å²) >= 11 is 1.71. The van der Waals surface area contributed by atoms with E-state index in [0.717, 1.165) is 24.6 Å². The zero-order chi connectivity index (χ0) is 13.8. The predicted molar refractivity (Wildman–Crippen MR) is 82.7 cm³/mol. The third kappa shape index (κ3) is 3.15. The third-order valence-corrected chi connectivity index (χ3v) is 4.29. The third-order valence-electron chi connectivity index (χ3n) is 3.56. The number of amidine groups is 2. The van der Waals surface area contributed by atoms with Crippen LogP contribution in [-0.2, 0) is 6.54 Å². The lowest BCUT2D eigenvalue weighted by Crippen LogP contribution is -2.45. The minimum absolute atomic E-state index is 0.405. The van der Waals surface area contributed by atoms with Crippen LogP contribution < -0.4 is 5.43 Å². The van der Waals surface area contributed by atoms with Crippen molar-refractivity contribution in [2.24, 2.45) is 21.9 Å². The van der Waals surface area contributed by atoms with Crippen molar-refractivity contribution in [1.29, 1.82) is 0 Å². The summed E-state index contributed by atoms with van der Waals surface area (Å²) in [7, 11) is 4.08. The summed E-state index contributed by atoms with van der Waals surface area (Å²) in [4.78, 5) is 6.79. The van der Waals surface area contributed by atoms with Crippen molar-refractivity contribution >= 4 is 23.0 Å². The van der Waals surface area contributed by atoms with E-state index in [9.17, 15) is 0 Å². The summed E-state index contributed by atoms with van der Waals surface area (Å²) in [5, 5.41) is 8.69. The largest absolute Gasteiger partial charge is 0.364 e. The first-order chi connectivity index (χ1) is 9.13. The highest BCUT2D eigenvalue weighted by Crippen LogP contribution is 2.23. The van der Waals surface area contributed by atoms with Gasteiger partial charge in [0.25, 0.3) is 0 Å². The van der Waals surface area contributed by atoms with E-state index >= 15 is 0 Å². The summed E-state index contributed by atoms with van der Waals surface area (Å²) in [6.45, 7) is 5.18. The first-order valence-electron chi connectivity index (χ1n) is 6.69. The topological polar surface area (TPSA) is 40.0 Å². The van der Waals surface area contributed by atoms with Gasteiger partial charge in [-0.3, -0.25) is 10.4 Å². The lowest BCUT2D eigenvalue weighted by molar-refractivity contribution is 0.455. The summed E-state index contributed by atoms with van der Waals surface area (Å²) < 4.78 is 0. The van der Waals surface area contributed by atoms with Crippen LogP contribution in [0.25, 0.3) is 0 Å². The Morgan fingerprint density at radius 1 is 1.47 bits per heavy atom. The Morgan fingerprint density at radius 2 is 2.26 bits per heavy atom. The molecule has 19 heavy (non-hydrogen) atoms. The van der Waals surface area contributed by atoms with E-state index in [1.165, 1.54) is 5.56 Å². The minimum Gasteiger partial charge on any atom is -0.364 e. The zero-order valence-electron chi connectivity index (χ0n) is 12.1. The van der Waals surface area contributed by atoms with Crippen LogP contribution in [-0.4, -0.2) is 30.7 Å². The Bertz CT molecular complexity index is 462. The highest BCUT2D eigenvalue weighted by molar-refractivity contribution is 7.07. The van der Waals surface area contributed by atoms with Gasteiger partial charge >= 0.3 is 0 Å². The highest BCUT2D eigenvalue weighted by Gasteiger charge is 2.30. The number of nitrogens with one attached hydrogen (secondary N) is 1. The number of hydrazone groups is 1. The van der Waals surface area contributed by atoms with Gasteiger partial charge in [0.15, 0.2) is 0 Å². The molecule has 0 bridgehead atoms. The number of thiophene rings is 1. The van der Waals surface area contributed by atoms with E-state index in [1.807, 2.05) is 14.1 Å². The van der Waals surface area contributed by atoms with Crippen LogP contribution in [0.3, 0.4) is 0 Å². The second-order valence-electron chi connectivity index (χ2n) is 5.11. The SMILES string of the molecule is CCC1C(=NCc2ccsc2)NN=C(N(C)C)C1C. The van der Waals surface area contributed by atoms with Crippen LogP contribution >= 0.6 is 11.3 Å². The molecule has 0 saturated carbocycles. The molecule has 0 amide bonds. The number of nitrogens with zero attached hydrogens (tertiary/aromatic N) is 3. The lowest BCUT2D eigenvalue weighted by Gasteiger charge is -2.33. The molecule has 2 heterocycles. The van der Waals surface area contributed by atoms with Gasteiger partial charge in [-0.15, -0.1) is 0 Å². The molecule has 0 aliphatic carbocycles. The maximum absolute atomic E-state index is 4.71. The van der Waals surface area contributed by atoms with Crippen LogP contribution in [0.2, 0.25) is 0 Å². The molecule has 104 valence electrons. The molecule has 5 heteroatoms. The molecule has 1 aliphatic rings. The number of aliphatic imine (C=N–C) groups is 1. The van der Waals surface area contributed by atoms with Crippen molar-refractivity contribution < 1.29 is 0 Å². The van der Waals surface area contributed by atoms with Crippen molar-refractivity contribution in [3.8, 4) is 0 Å². The molecule has 1 N–H and O–H groups in total.